The molecular weight excluding hydrogens is 1510 g/mol. The van der Waals surface area contributed by atoms with Gasteiger partial charge in [-0.05, 0) is 228 Å². The van der Waals surface area contributed by atoms with Gasteiger partial charge in [0.1, 0.15) is 24.7 Å². The van der Waals surface area contributed by atoms with E-state index in [1.807, 2.05) is 107 Å². The van der Waals surface area contributed by atoms with Crippen LogP contribution < -0.4 is 39.2 Å². The molecule has 4 aliphatic rings. The summed E-state index contributed by atoms with van der Waals surface area (Å²) < 4.78 is 25.4. The van der Waals surface area contributed by atoms with Gasteiger partial charge in [0.05, 0.1) is 34.1 Å². The highest BCUT2D eigenvalue weighted by Crippen LogP contribution is 2.55. The lowest BCUT2D eigenvalue weighted by Gasteiger charge is -2.32. The Balaban J connectivity index is 0.000000103. The van der Waals surface area contributed by atoms with Crippen LogP contribution in [-0.2, 0) is 0 Å². The Labute approximate surface area is 699 Å². The monoisotopic (exact) mass is 1590 g/mol. The molecule has 0 spiro atoms. The Morgan fingerprint density at radius 2 is 0.521 bits per heavy atom. The molecule has 0 amide bonds. The molecule has 0 fully saturated rings. The van der Waals surface area contributed by atoms with Crippen molar-refractivity contribution in [2.45, 2.75) is 128 Å². The number of aromatic nitrogens is 10. The van der Waals surface area contributed by atoms with Gasteiger partial charge in [-0.1, -0.05) is 103 Å². The summed E-state index contributed by atoms with van der Waals surface area (Å²) in [5.74, 6) is 5.30. The number of benzene rings is 7. The number of nitrogens with zero attached hydrogens (tertiary/aromatic N) is 18. The quantitative estimate of drug-likeness (QED) is 0.139. The molecule has 598 valence electrons. The molecule has 0 N–H and O–H groups in total. The first-order valence-corrected chi connectivity index (χ1v) is 41.0. The molecule has 4 aliphatic heterocycles. The minimum absolute atomic E-state index is 0.0273. The summed E-state index contributed by atoms with van der Waals surface area (Å²) in [6.45, 7) is 29.5. The van der Waals surface area contributed by atoms with Crippen molar-refractivity contribution in [1.29, 1.82) is 0 Å². The zero-order valence-electron chi connectivity index (χ0n) is 69.7. The van der Waals surface area contributed by atoms with Gasteiger partial charge >= 0.3 is 0 Å². The molecule has 0 unspecified atom stereocenters. The average molecular weight is 1590 g/mol. The molecule has 0 radical (unpaired) electrons. The Hall–Kier alpha value is -14.8. The van der Waals surface area contributed by atoms with Crippen LogP contribution in [0.4, 0.5) is 86.1 Å². The van der Waals surface area contributed by atoms with Gasteiger partial charge in [-0.25, -0.2) is 49.8 Å². The van der Waals surface area contributed by atoms with E-state index in [4.69, 9.17) is 32.6 Å². The number of rotatable bonds is 8. The second-order valence-electron chi connectivity index (χ2n) is 31.8. The SMILES string of the molecule is Cc1ccc2c(n1)oc1c(N3c4cccnc4N(c4ccccc4)[C@@H]3C)c(C)ccc12.Cc1ccc2c(n1)oc1c(N3c4ncccc4N(c4ccccc4)[C@@H]3C)c(C)ccc12.Cc1ccc2c(n1)oc1c(N3c4nccnc4N(C(C)C)[C@@H]3C)c(C)ccc12.Cc1ccc2c(n1)oc1c(N3c4nccnc4N(c4ccccc4)[C@@H]3C)c(C)ccc12. The van der Waals surface area contributed by atoms with Crippen molar-refractivity contribution in [2.75, 3.05) is 39.2 Å². The molecule has 16 heterocycles. The van der Waals surface area contributed by atoms with Gasteiger partial charge in [0, 0.05) is 126 Å². The minimum Gasteiger partial charge on any atom is -0.435 e. The second kappa shape index (κ2) is 29.7. The first-order chi connectivity index (χ1) is 58.9. The Morgan fingerprint density at radius 3 is 0.901 bits per heavy atom. The number of anilines is 15. The molecule has 7 aromatic carbocycles. The molecule has 0 saturated carbocycles. The number of para-hydroxylation sites is 3. The predicted octanol–water partition coefficient (Wildman–Crippen LogP) is 24.4. The van der Waals surface area contributed by atoms with Gasteiger partial charge in [0.25, 0.3) is 0 Å². The molecule has 22 nitrogen and oxygen atoms in total. The fraction of sp³-hybridized carbons (Fsp3) is 0.192. The fourth-order valence-corrected chi connectivity index (χ4v) is 18.2. The van der Waals surface area contributed by atoms with E-state index >= 15 is 0 Å². The van der Waals surface area contributed by atoms with Crippen molar-refractivity contribution in [2.24, 2.45) is 0 Å². The van der Waals surface area contributed by atoms with Gasteiger partial charge in [0.15, 0.2) is 57.2 Å². The lowest BCUT2D eigenvalue weighted by atomic mass is 10.1. The number of fused-ring (bicyclic) bond motifs is 16. The van der Waals surface area contributed by atoms with E-state index in [0.29, 0.717) is 28.9 Å². The Kier molecular flexibility index (Phi) is 18.4. The standard InChI is InChI=1S/2C26H22N4O.C25H21N5O.C22H23N5O/c1-16-11-13-20-21-14-12-17(2)28-26(21)31-24(20)23(16)30-18(3)29(19-8-5-4-6-9-19)25-22(30)10-7-15-27-25;1-16-11-13-20-21-14-12-17(2)28-26(21)31-24(20)23(16)30-18(3)29(19-8-5-4-6-9-19)22-10-7-15-27-25(22)30;1-15-9-11-19-20-12-10-16(2)28-25(20)31-22(19)21(15)30-17(3)29(18-7-5-4-6-8-18)23-24(30)27-14-13-26-23;1-12(2)26-15(5)27(21-20(26)23-10-11-24-21)18-13(3)6-8-16-17-9-7-14(4)25-22(17)28-19(16)18/h2*4-15,18H,1-3H3;4-14,17H,1-3H3;6-12,15H,1-5H3/t2*18-;17-;15-/m0000/s1. The Morgan fingerprint density at radius 1 is 0.248 bits per heavy atom. The van der Waals surface area contributed by atoms with Crippen molar-refractivity contribution < 1.29 is 17.7 Å². The van der Waals surface area contributed by atoms with Gasteiger partial charge in [-0.2, -0.15) is 0 Å². The minimum atomic E-state index is -0.0352. The zero-order chi connectivity index (χ0) is 82.9. The van der Waals surface area contributed by atoms with Gasteiger partial charge in [0.2, 0.25) is 22.9 Å². The highest BCUT2D eigenvalue weighted by atomic mass is 16.4. The zero-order valence-corrected chi connectivity index (χ0v) is 69.7. The topological polar surface area (TPSA) is 207 Å². The second-order valence-corrected chi connectivity index (χ2v) is 31.8. The van der Waals surface area contributed by atoms with E-state index in [1.165, 1.54) is 0 Å². The maximum absolute atomic E-state index is 6.37. The molecule has 0 aliphatic carbocycles. The van der Waals surface area contributed by atoms with Gasteiger partial charge < -0.3 is 42.2 Å². The van der Waals surface area contributed by atoms with Crippen molar-refractivity contribution in [3.05, 3.63) is 295 Å². The summed E-state index contributed by atoms with van der Waals surface area (Å²) >= 11 is 0. The predicted molar refractivity (Wildman–Crippen MR) is 486 cm³/mol. The number of furan rings is 4. The number of hydrogen-bond acceptors (Lipinski definition) is 22. The van der Waals surface area contributed by atoms with E-state index in [9.17, 15) is 0 Å². The normalized spacial score (nSPS) is 16.0. The third-order valence-corrected chi connectivity index (χ3v) is 23.7. The van der Waals surface area contributed by atoms with Crippen LogP contribution in [0.1, 0.15) is 86.6 Å². The highest BCUT2D eigenvalue weighted by molar-refractivity contribution is 6.14. The fourth-order valence-electron chi connectivity index (χ4n) is 18.2. The van der Waals surface area contributed by atoms with Crippen molar-refractivity contribution in [3.63, 3.8) is 0 Å². The lowest BCUT2D eigenvalue weighted by Crippen LogP contribution is -2.42. The summed E-state index contributed by atoms with van der Waals surface area (Å²) in [5, 5.41) is 8.42. The summed E-state index contributed by atoms with van der Waals surface area (Å²) in [7, 11) is 0. The largest absolute Gasteiger partial charge is 0.435 e. The first-order valence-electron chi connectivity index (χ1n) is 41.0. The van der Waals surface area contributed by atoms with Crippen LogP contribution in [0, 0.1) is 55.4 Å². The van der Waals surface area contributed by atoms with Crippen LogP contribution in [0.25, 0.3) is 88.3 Å². The van der Waals surface area contributed by atoms with Gasteiger partial charge in [-0.3, -0.25) is 14.7 Å². The van der Waals surface area contributed by atoms with Gasteiger partial charge in [-0.15, -0.1) is 0 Å². The van der Waals surface area contributed by atoms with Crippen molar-refractivity contribution in [3.8, 4) is 0 Å². The molecule has 121 heavy (non-hydrogen) atoms. The Bertz CT molecular complexity index is 6720. The number of aryl methyl sites for hydroxylation is 8. The third-order valence-electron chi connectivity index (χ3n) is 23.7. The lowest BCUT2D eigenvalue weighted by molar-refractivity contribution is 0.597. The molecule has 12 aromatic heterocycles. The van der Waals surface area contributed by atoms with Crippen LogP contribution >= 0.6 is 0 Å². The first kappa shape index (κ1) is 75.0. The average Bonchev–Trinajstić information content (AvgIpc) is 1.59. The maximum Gasteiger partial charge on any atom is 0.227 e. The van der Waals surface area contributed by atoms with Crippen LogP contribution in [0.2, 0.25) is 0 Å². The molecule has 0 saturated heterocycles. The molecular formula is C99H88N18O4. The summed E-state index contributed by atoms with van der Waals surface area (Å²) in [6, 6.07) is 73.3. The van der Waals surface area contributed by atoms with E-state index in [1.54, 1.807) is 24.8 Å². The highest BCUT2D eigenvalue weighted by Gasteiger charge is 2.44. The maximum atomic E-state index is 6.37. The summed E-state index contributed by atoms with van der Waals surface area (Å²) in [6.07, 6.45) is 10.8. The molecule has 22 heteroatoms. The van der Waals surface area contributed by atoms with E-state index in [-0.39, 0.29) is 24.7 Å². The molecule has 23 rings (SSSR count). The van der Waals surface area contributed by atoms with Crippen LogP contribution in [0.3, 0.4) is 0 Å². The summed E-state index contributed by atoms with van der Waals surface area (Å²) in [5.41, 5.74) is 24.0. The van der Waals surface area contributed by atoms with Crippen LogP contribution in [-0.4, -0.2) is 80.5 Å². The van der Waals surface area contributed by atoms with Crippen molar-refractivity contribution in [1.82, 2.24) is 49.8 Å². The van der Waals surface area contributed by atoms with Crippen molar-refractivity contribution >= 4 is 174 Å². The van der Waals surface area contributed by atoms with E-state index < -0.39 is 0 Å². The number of pyridine rings is 6. The van der Waals surface area contributed by atoms with E-state index in [0.717, 1.165) is 197 Å². The molecule has 19 aromatic rings. The van der Waals surface area contributed by atoms with E-state index in [2.05, 4.69) is 289 Å². The smallest absolute Gasteiger partial charge is 0.227 e. The molecule has 0 bridgehead atoms. The van der Waals surface area contributed by atoms with Crippen LogP contribution in [0.5, 0.6) is 0 Å². The third kappa shape index (κ3) is 12.3. The summed E-state index contributed by atoms with van der Waals surface area (Å²) in [4.78, 5) is 64.9. The molecule has 4 atom stereocenters. The number of hydrogen-bond donors (Lipinski definition) is 0. The van der Waals surface area contributed by atoms with Crippen LogP contribution in [0.15, 0.2) is 267 Å².